The second-order valence-electron chi connectivity index (χ2n) is 2.07. The van der Waals surface area contributed by atoms with Gasteiger partial charge in [0.2, 0.25) is 0 Å². The van der Waals surface area contributed by atoms with E-state index >= 15 is 0 Å². The highest BCUT2D eigenvalue weighted by Crippen LogP contribution is 2.16. The Morgan fingerprint density at radius 3 is 3.18 bits per heavy atom. The van der Waals surface area contributed by atoms with Crippen LogP contribution in [-0.2, 0) is 0 Å². The number of aromatic nitrogens is 3. The second-order valence-corrected chi connectivity index (χ2v) is 2.92. The summed E-state index contributed by atoms with van der Waals surface area (Å²) in [5, 5.41) is 7.38. The quantitative estimate of drug-likeness (QED) is 0.669. The predicted octanol–water partition coefficient (Wildman–Crippen LogP) is 1.63. The number of pyridine rings is 1. The second kappa shape index (κ2) is 2.27. The summed E-state index contributed by atoms with van der Waals surface area (Å²) < 4.78 is 14.8. The molecule has 0 spiro atoms. The summed E-state index contributed by atoms with van der Waals surface area (Å²) >= 11 is 3.16. The van der Waals surface area contributed by atoms with Gasteiger partial charge >= 0.3 is 0 Å². The van der Waals surface area contributed by atoms with Gasteiger partial charge in [0.25, 0.3) is 0 Å². The first-order chi connectivity index (χ1) is 5.27. The van der Waals surface area contributed by atoms with E-state index in [2.05, 4.69) is 26.1 Å². The van der Waals surface area contributed by atoms with Crippen LogP contribution < -0.4 is 0 Å². The standard InChI is InChI=1S/C6H3BrFN3/c7-5-1-4(8)2-11-3-9-10-6(5)11/h1-3H. The van der Waals surface area contributed by atoms with Crippen LogP contribution in [0.5, 0.6) is 0 Å². The molecule has 2 heterocycles. The summed E-state index contributed by atoms with van der Waals surface area (Å²) in [5.74, 6) is -0.316. The summed E-state index contributed by atoms with van der Waals surface area (Å²) in [6.07, 6.45) is 2.77. The molecule has 0 aliphatic carbocycles. The van der Waals surface area contributed by atoms with Gasteiger partial charge in [0.15, 0.2) is 5.65 Å². The third-order valence-corrected chi connectivity index (χ3v) is 1.90. The SMILES string of the molecule is Fc1cc(Br)c2nncn2c1. The molecule has 11 heavy (non-hydrogen) atoms. The molecule has 0 aliphatic rings. The van der Waals surface area contributed by atoms with Gasteiger partial charge in [0, 0.05) is 6.20 Å². The molecule has 0 unspecified atom stereocenters. The number of hydrogen-bond donors (Lipinski definition) is 0. The fourth-order valence-electron chi connectivity index (χ4n) is 0.864. The molecular formula is C6H3BrFN3. The molecule has 0 N–H and O–H groups in total. The van der Waals surface area contributed by atoms with Crippen molar-refractivity contribution in [3.05, 3.63) is 28.9 Å². The zero-order valence-electron chi connectivity index (χ0n) is 5.33. The summed E-state index contributed by atoms with van der Waals surface area (Å²) in [4.78, 5) is 0. The van der Waals surface area contributed by atoms with Crippen LogP contribution in [0, 0.1) is 5.82 Å². The van der Waals surface area contributed by atoms with Crippen LogP contribution in [0.25, 0.3) is 5.65 Å². The first kappa shape index (κ1) is 6.72. The van der Waals surface area contributed by atoms with Crippen LogP contribution in [0.3, 0.4) is 0 Å². The minimum Gasteiger partial charge on any atom is -0.285 e. The van der Waals surface area contributed by atoms with Crippen LogP contribution in [0.1, 0.15) is 0 Å². The van der Waals surface area contributed by atoms with E-state index in [0.717, 1.165) is 0 Å². The Balaban J connectivity index is 2.91. The van der Waals surface area contributed by atoms with Crippen molar-refractivity contribution in [1.82, 2.24) is 14.6 Å². The molecule has 0 radical (unpaired) electrons. The van der Waals surface area contributed by atoms with Crippen molar-refractivity contribution in [3.63, 3.8) is 0 Å². The maximum atomic E-state index is 12.7. The van der Waals surface area contributed by atoms with Gasteiger partial charge in [-0.25, -0.2) is 4.39 Å². The monoisotopic (exact) mass is 215 g/mol. The normalized spacial score (nSPS) is 10.7. The Morgan fingerprint density at radius 1 is 1.55 bits per heavy atom. The maximum absolute atomic E-state index is 12.7. The van der Waals surface area contributed by atoms with E-state index in [0.29, 0.717) is 10.1 Å². The van der Waals surface area contributed by atoms with E-state index in [1.165, 1.54) is 23.0 Å². The smallest absolute Gasteiger partial charge is 0.175 e. The van der Waals surface area contributed by atoms with Crippen LogP contribution in [0.15, 0.2) is 23.1 Å². The molecule has 3 nitrogen and oxygen atoms in total. The molecule has 0 atom stereocenters. The molecule has 0 amide bonds. The average Bonchev–Trinajstić information content (AvgIpc) is 2.34. The van der Waals surface area contributed by atoms with Gasteiger partial charge in [-0.1, -0.05) is 0 Å². The molecular weight excluding hydrogens is 213 g/mol. The van der Waals surface area contributed by atoms with Gasteiger partial charge in [-0.15, -0.1) is 10.2 Å². The minimum atomic E-state index is -0.316. The van der Waals surface area contributed by atoms with E-state index in [1.807, 2.05) is 0 Å². The van der Waals surface area contributed by atoms with E-state index in [4.69, 9.17) is 0 Å². The fraction of sp³-hybridized carbons (Fsp3) is 0. The molecule has 2 aromatic rings. The van der Waals surface area contributed by atoms with Gasteiger partial charge in [0.05, 0.1) is 4.47 Å². The summed E-state index contributed by atoms with van der Waals surface area (Å²) in [6.45, 7) is 0. The predicted molar refractivity (Wildman–Crippen MR) is 40.6 cm³/mol. The number of rotatable bonds is 0. The Morgan fingerprint density at radius 2 is 2.36 bits per heavy atom. The van der Waals surface area contributed by atoms with Gasteiger partial charge in [-0.3, -0.25) is 4.40 Å². The average molecular weight is 216 g/mol. The fourth-order valence-corrected chi connectivity index (χ4v) is 1.37. The molecule has 0 saturated heterocycles. The molecule has 0 saturated carbocycles. The highest BCUT2D eigenvalue weighted by atomic mass is 79.9. The number of halogens is 2. The molecule has 2 aromatic heterocycles. The molecule has 0 bridgehead atoms. The van der Waals surface area contributed by atoms with Crippen LogP contribution >= 0.6 is 15.9 Å². The van der Waals surface area contributed by atoms with Gasteiger partial charge < -0.3 is 0 Å². The summed E-state index contributed by atoms with van der Waals surface area (Å²) in [5.41, 5.74) is 0.617. The highest BCUT2D eigenvalue weighted by molar-refractivity contribution is 9.10. The van der Waals surface area contributed by atoms with Gasteiger partial charge in [-0.05, 0) is 22.0 Å². The third-order valence-electron chi connectivity index (χ3n) is 1.31. The lowest BCUT2D eigenvalue weighted by Gasteiger charge is -1.93. The van der Waals surface area contributed by atoms with Crippen LogP contribution in [-0.4, -0.2) is 14.6 Å². The molecule has 2 rings (SSSR count). The molecule has 0 aliphatic heterocycles. The van der Waals surface area contributed by atoms with E-state index in [9.17, 15) is 4.39 Å². The zero-order valence-corrected chi connectivity index (χ0v) is 6.92. The van der Waals surface area contributed by atoms with Crippen molar-refractivity contribution in [2.75, 3.05) is 0 Å². The Bertz CT molecular complexity index is 398. The first-order valence-corrected chi connectivity index (χ1v) is 3.71. The molecule has 56 valence electrons. The lowest BCUT2D eigenvalue weighted by Crippen LogP contribution is -1.86. The van der Waals surface area contributed by atoms with Crippen molar-refractivity contribution in [3.8, 4) is 0 Å². The third kappa shape index (κ3) is 1.01. The summed E-state index contributed by atoms with van der Waals surface area (Å²) in [7, 11) is 0. The molecule has 0 aromatic carbocycles. The van der Waals surface area contributed by atoms with Crippen LogP contribution in [0.4, 0.5) is 4.39 Å². The van der Waals surface area contributed by atoms with E-state index in [1.54, 1.807) is 0 Å². The number of fused-ring (bicyclic) bond motifs is 1. The largest absolute Gasteiger partial charge is 0.285 e. The van der Waals surface area contributed by atoms with Crippen molar-refractivity contribution < 1.29 is 4.39 Å². The highest BCUT2D eigenvalue weighted by Gasteiger charge is 2.01. The van der Waals surface area contributed by atoms with Crippen molar-refractivity contribution >= 4 is 21.6 Å². The van der Waals surface area contributed by atoms with E-state index in [-0.39, 0.29) is 5.82 Å². The van der Waals surface area contributed by atoms with Gasteiger partial charge in [0.1, 0.15) is 12.1 Å². The Labute approximate surface area is 70.0 Å². The zero-order chi connectivity index (χ0) is 7.84. The van der Waals surface area contributed by atoms with Crippen LogP contribution in [0.2, 0.25) is 0 Å². The Hall–Kier alpha value is -0.970. The molecule has 5 heteroatoms. The molecule has 0 fully saturated rings. The van der Waals surface area contributed by atoms with Crippen molar-refractivity contribution in [1.29, 1.82) is 0 Å². The Kier molecular flexibility index (Phi) is 1.38. The van der Waals surface area contributed by atoms with Gasteiger partial charge in [-0.2, -0.15) is 0 Å². The number of hydrogen-bond acceptors (Lipinski definition) is 2. The summed E-state index contributed by atoms with van der Waals surface area (Å²) in [6, 6.07) is 1.35. The van der Waals surface area contributed by atoms with Crippen molar-refractivity contribution in [2.24, 2.45) is 0 Å². The van der Waals surface area contributed by atoms with E-state index < -0.39 is 0 Å². The number of nitrogens with zero attached hydrogens (tertiary/aromatic N) is 3. The topological polar surface area (TPSA) is 30.2 Å². The first-order valence-electron chi connectivity index (χ1n) is 2.92. The minimum absolute atomic E-state index is 0.316. The van der Waals surface area contributed by atoms with Crippen molar-refractivity contribution in [2.45, 2.75) is 0 Å². The maximum Gasteiger partial charge on any atom is 0.175 e. The lowest BCUT2D eigenvalue weighted by atomic mass is 10.4. The lowest BCUT2D eigenvalue weighted by molar-refractivity contribution is 0.618.